The molecular formula is C20H19F3N3O+. The fourth-order valence-electron chi connectivity index (χ4n) is 3.45. The Morgan fingerprint density at radius 1 is 1.26 bits per heavy atom. The highest BCUT2D eigenvalue weighted by Gasteiger charge is 2.46. The maximum atomic E-state index is 13.4. The second-order valence-corrected chi connectivity index (χ2v) is 6.88. The van der Waals surface area contributed by atoms with E-state index in [0.29, 0.717) is 24.3 Å². The van der Waals surface area contributed by atoms with E-state index in [1.165, 1.54) is 6.07 Å². The molecule has 2 aliphatic rings. The van der Waals surface area contributed by atoms with Gasteiger partial charge >= 0.3 is 12.1 Å². The number of nitrogens with zero attached hydrogens (tertiary/aromatic N) is 2. The number of amides is 1. The predicted octanol–water partition coefficient (Wildman–Crippen LogP) is 3.40. The lowest BCUT2D eigenvalue weighted by atomic mass is 9.89. The molecule has 2 atom stereocenters. The van der Waals surface area contributed by atoms with Crippen LogP contribution in [0.15, 0.2) is 52.7 Å². The van der Waals surface area contributed by atoms with Gasteiger partial charge in [-0.3, -0.25) is 0 Å². The third-order valence-electron chi connectivity index (χ3n) is 4.77. The number of rotatable bonds is 2. The lowest BCUT2D eigenvalue weighted by Crippen LogP contribution is -3.08. The number of carbonyl (C=O) groups excluding carboxylic acids is 1. The summed E-state index contributed by atoms with van der Waals surface area (Å²) in [6.07, 6.45) is -0.511. The zero-order chi connectivity index (χ0) is 19.6. The number of hydrogen-bond acceptors (Lipinski definition) is 3. The lowest BCUT2D eigenvalue weighted by Gasteiger charge is -2.23. The molecule has 1 aromatic rings. The summed E-state index contributed by atoms with van der Waals surface area (Å²) in [5.74, 6) is -0.547. The van der Waals surface area contributed by atoms with E-state index in [9.17, 15) is 23.2 Å². The molecule has 0 radical (unpaired) electrons. The van der Waals surface area contributed by atoms with Gasteiger partial charge in [-0.1, -0.05) is 30.2 Å². The van der Waals surface area contributed by atoms with Gasteiger partial charge in [-0.15, -0.1) is 5.01 Å². The van der Waals surface area contributed by atoms with Crippen LogP contribution in [0, 0.1) is 17.2 Å². The standard InChI is InChI=1S/C20H18F3N3O/c1-13-6-5-9-15(10-13)25-26-18(14-7-3-2-4-8-14)11-17(20(21,22)23)16(12-24)19(26)27/h2-4,7-8,11,13H,5-6,9-10H2,1H3/p+1/b25-15+/t13-/m1/s1. The summed E-state index contributed by atoms with van der Waals surface area (Å²) in [4.78, 5) is 12.8. The van der Waals surface area contributed by atoms with Crippen LogP contribution in [-0.2, 0) is 4.79 Å². The molecule has 1 fully saturated rings. The SMILES string of the molecule is C[C@@H]1CCC/C(=N\[NH+]2C(=O)C(C#N)=C(C(F)(F)F)C=C2c2ccccc2)C1. The molecule has 1 heterocycles. The number of nitrogens with one attached hydrogen (secondary N) is 1. The van der Waals surface area contributed by atoms with Crippen molar-refractivity contribution in [3.8, 4) is 6.07 Å². The van der Waals surface area contributed by atoms with Crippen LogP contribution >= 0.6 is 0 Å². The number of allylic oxidation sites excluding steroid dienone is 2. The molecule has 0 saturated heterocycles. The number of halogens is 3. The highest BCUT2D eigenvalue weighted by Crippen LogP contribution is 2.32. The number of alkyl halides is 3. The molecule has 3 rings (SSSR count). The first-order valence-corrected chi connectivity index (χ1v) is 8.78. The highest BCUT2D eigenvalue weighted by atomic mass is 19.4. The number of benzene rings is 1. The van der Waals surface area contributed by atoms with E-state index in [2.05, 4.69) is 12.0 Å². The quantitative estimate of drug-likeness (QED) is 0.863. The Kier molecular flexibility index (Phi) is 5.29. The first-order chi connectivity index (χ1) is 12.8. The molecule has 0 spiro atoms. The van der Waals surface area contributed by atoms with Crippen molar-refractivity contribution in [2.24, 2.45) is 11.0 Å². The van der Waals surface area contributed by atoms with Crippen molar-refractivity contribution < 1.29 is 23.0 Å². The molecule has 140 valence electrons. The molecule has 0 bridgehead atoms. The molecule has 0 aromatic heterocycles. The summed E-state index contributed by atoms with van der Waals surface area (Å²) < 4.78 is 40.3. The summed E-state index contributed by atoms with van der Waals surface area (Å²) in [7, 11) is 0. The largest absolute Gasteiger partial charge is 0.418 e. The maximum absolute atomic E-state index is 13.4. The zero-order valence-corrected chi connectivity index (χ0v) is 14.8. The summed E-state index contributed by atoms with van der Waals surface area (Å²) in [6, 6.07) is 9.81. The monoisotopic (exact) mass is 374 g/mol. The van der Waals surface area contributed by atoms with Gasteiger partial charge in [0.25, 0.3) is 0 Å². The van der Waals surface area contributed by atoms with Gasteiger partial charge in [0.15, 0.2) is 11.3 Å². The predicted molar refractivity (Wildman–Crippen MR) is 94.1 cm³/mol. The molecule has 1 aliphatic carbocycles. The van der Waals surface area contributed by atoms with Crippen molar-refractivity contribution in [3.05, 3.63) is 53.1 Å². The van der Waals surface area contributed by atoms with E-state index in [-0.39, 0.29) is 10.7 Å². The van der Waals surface area contributed by atoms with Crippen molar-refractivity contribution in [2.45, 2.75) is 38.8 Å². The number of nitriles is 1. The van der Waals surface area contributed by atoms with Gasteiger partial charge in [0.1, 0.15) is 6.07 Å². The first kappa shape index (κ1) is 19.1. The van der Waals surface area contributed by atoms with Crippen molar-refractivity contribution in [2.75, 3.05) is 0 Å². The zero-order valence-electron chi connectivity index (χ0n) is 14.8. The Hall–Kier alpha value is -2.72. The first-order valence-electron chi connectivity index (χ1n) is 8.78. The Labute approximate surface area is 155 Å². The van der Waals surface area contributed by atoms with Crippen molar-refractivity contribution in [1.82, 2.24) is 0 Å². The fourth-order valence-corrected chi connectivity index (χ4v) is 3.45. The summed E-state index contributed by atoms with van der Waals surface area (Å²) in [6.45, 7) is 2.08. The third kappa shape index (κ3) is 4.01. The lowest BCUT2D eigenvalue weighted by molar-refractivity contribution is -0.746. The number of quaternary nitrogens is 1. The Bertz CT molecular complexity index is 876. The summed E-state index contributed by atoms with van der Waals surface area (Å²) in [5, 5.41) is 13.6. The minimum atomic E-state index is -4.79. The van der Waals surface area contributed by atoms with Crippen LogP contribution in [-0.4, -0.2) is 17.8 Å². The molecule has 4 nitrogen and oxygen atoms in total. The molecule has 7 heteroatoms. The van der Waals surface area contributed by atoms with Crippen LogP contribution in [0.2, 0.25) is 0 Å². The van der Waals surface area contributed by atoms with Crippen LogP contribution in [0.1, 0.15) is 38.2 Å². The Morgan fingerprint density at radius 2 is 1.96 bits per heavy atom. The average Bonchev–Trinajstić information content (AvgIpc) is 2.63. The minimum absolute atomic E-state index is 0.0742. The summed E-state index contributed by atoms with van der Waals surface area (Å²) >= 11 is 0. The fraction of sp³-hybridized carbons (Fsp3) is 0.350. The minimum Gasteiger partial charge on any atom is -0.222 e. The van der Waals surface area contributed by atoms with Gasteiger partial charge in [-0.25, -0.2) is 4.79 Å². The molecule has 1 N–H and O–H groups in total. The van der Waals surface area contributed by atoms with Crippen LogP contribution in [0.5, 0.6) is 0 Å². The van der Waals surface area contributed by atoms with Crippen molar-refractivity contribution in [1.29, 1.82) is 5.26 Å². The van der Waals surface area contributed by atoms with E-state index >= 15 is 0 Å². The van der Waals surface area contributed by atoms with E-state index < -0.39 is 23.2 Å². The molecule has 1 saturated carbocycles. The van der Waals surface area contributed by atoms with Gasteiger partial charge in [-0.2, -0.15) is 18.4 Å². The van der Waals surface area contributed by atoms with Crippen LogP contribution < -0.4 is 5.01 Å². The third-order valence-corrected chi connectivity index (χ3v) is 4.77. The van der Waals surface area contributed by atoms with Crippen LogP contribution in [0.25, 0.3) is 5.70 Å². The summed E-state index contributed by atoms with van der Waals surface area (Å²) in [5.41, 5.74) is -0.739. The molecular weight excluding hydrogens is 355 g/mol. The normalized spacial score (nSPS) is 25.4. The molecule has 1 unspecified atom stereocenters. The highest BCUT2D eigenvalue weighted by molar-refractivity contribution is 5.98. The van der Waals surface area contributed by atoms with Gasteiger partial charge in [0, 0.05) is 11.6 Å². The van der Waals surface area contributed by atoms with E-state index in [0.717, 1.165) is 24.6 Å². The second kappa shape index (κ2) is 7.49. The van der Waals surface area contributed by atoms with E-state index in [4.69, 9.17) is 0 Å². The van der Waals surface area contributed by atoms with Crippen molar-refractivity contribution >= 4 is 17.3 Å². The number of carbonyl (C=O) groups is 1. The molecule has 1 aliphatic heterocycles. The van der Waals surface area contributed by atoms with E-state index in [1.54, 1.807) is 30.3 Å². The molecule has 1 amide bonds. The smallest absolute Gasteiger partial charge is 0.222 e. The molecule has 27 heavy (non-hydrogen) atoms. The van der Waals surface area contributed by atoms with E-state index in [1.807, 2.05) is 0 Å². The molecule has 1 aromatic carbocycles. The van der Waals surface area contributed by atoms with Gasteiger partial charge in [0.05, 0.1) is 11.3 Å². The number of hydrogen-bond donors (Lipinski definition) is 1. The van der Waals surface area contributed by atoms with Crippen LogP contribution in [0.3, 0.4) is 0 Å². The maximum Gasteiger partial charge on any atom is 0.418 e. The van der Waals surface area contributed by atoms with Gasteiger partial charge < -0.3 is 0 Å². The van der Waals surface area contributed by atoms with Gasteiger partial charge in [0.2, 0.25) is 0 Å². The van der Waals surface area contributed by atoms with Crippen molar-refractivity contribution in [3.63, 3.8) is 0 Å². The average molecular weight is 374 g/mol. The van der Waals surface area contributed by atoms with Gasteiger partial charge in [-0.05, 0) is 43.7 Å². The second-order valence-electron chi connectivity index (χ2n) is 6.88. The Balaban J connectivity index is 2.14. The topological polar surface area (TPSA) is 57.7 Å². The Morgan fingerprint density at radius 3 is 2.56 bits per heavy atom. The van der Waals surface area contributed by atoms with Crippen LogP contribution in [0.4, 0.5) is 13.2 Å².